The van der Waals surface area contributed by atoms with E-state index in [0.717, 1.165) is 11.3 Å². The summed E-state index contributed by atoms with van der Waals surface area (Å²) in [6, 6.07) is 19.8. The number of benzene rings is 3. The molecule has 4 rings (SSSR count). The van der Waals surface area contributed by atoms with Crippen LogP contribution < -0.4 is 19.8 Å². The fourth-order valence-corrected chi connectivity index (χ4v) is 4.85. The molecule has 9 nitrogen and oxygen atoms in total. The lowest BCUT2D eigenvalue weighted by Gasteiger charge is -2.20. The number of rotatable bonds is 11. The molecule has 0 saturated heterocycles. The largest absolute Gasteiger partial charge is 0.870 e. The van der Waals surface area contributed by atoms with Crippen molar-refractivity contribution >= 4 is 40.8 Å². The first kappa shape index (κ1) is 33.2. The van der Waals surface area contributed by atoms with Crippen LogP contribution in [0.15, 0.2) is 79.1 Å². The van der Waals surface area contributed by atoms with Crippen LogP contribution in [-0.4, -0.2) is 50.6 Å². The van der Waals surface area contributed by atoms with E-state index in [-0.39, 0.29) is 17.8 Å². The van der Waals surface area contributed by atoms with Gasteiger partial charge < -0.3 is 29.9 Å². The molecule has 1 heterocycles. The average molecular weight is 627 g/mol. The van der Waals surface area contributed by atoms with Crippen LogP contribution >= 0.6 is 23.2 Å². The van der Waals surface area contributed by atoms with Gasteiger partial charge in [-0.05, 0) is 53.6 Å². The quantitative estimate of drug-likeness (QED) is 0.200. The topological polar surface area (TPSA) is 121 Å². The number of H-pyrrole nitrogens is 1. The molecule has 0 aliphatic heterocycles. The number of nitrogens with zero attached hydrogens (tertiary/aromatic N) is 1. The Morgan fingerprint density at radius 2 is 1.56 bits per heavy atom. The number of esters is 1. The number of hydrogen-bond donors (Lipinski definition) is 1. The third kappa shape index (κ3) is 8.38. The SMILES string of the molecule is COc1ccc([C@H](Cc2c(Cl)c[nH+]cc2Cl)OC(=O)c2ccc(CNc3cccc(C(=O)N(C)C)c3)cc2)cc1OC.[OH-]. The molecule has 0 aliphatic carbocycles. The number of hydrogen-bond acceptors (Lipinski definition) is 7. The molecule has 1 amide bonds. The van der Waals surface area contributed by atoms with E-state index in [9.17, 15) is 9.59 Å². The predicted octanol–water partition coefficient (Wildman–Crippen LogP) is 6.10. The molecule has 4 aromatic rings. The molecule has 0 spiro atoms. The second-order valence-electron chi connectivity index (χ2n) is 9.67. The van der Waals surface area contributed by atoms with Gasteiger partial charge in [0.2, 0.25) is 0 Å². The van der Waals surface area contributed by atoms with Crippen LogP contribution in [0.25, 0.3) is 0 Å². The standard InChI is InChI=1S/C32H31Cl2N3O5.H2O/c1-37(2)31(38)23-6-5-7-24(14-23)36-17-20-8-10-21(11-9-20)32(39)42-29(16-25-26(33)18-35-19-27(25)34)22-12-13-28(40-3)30(15-22)41-4;/h5-15,18-19,29,36H,16-17H2,1-4H3;1H2/t29-;/m0./s1. The zero-order valence-corrected chi connectivity index (χ0v) is 25.7. The van der Waals surface area contributed by atoms with Gasteiger partial charge in [0, 0.05) is 43.9 Å². The first-order chi connectivity index (χ1) is 20.2. The lowest BCUT2D eigenvalue weighted by molar-refractivity contribution is -0.377. The fourth-order valence-electron chi connectivity index (χ4n) is 4.32. The maximum atomic E-state index is 13.3. The number of pyridine rings is 1. The van der Waals surface area contributed by atoms with Crippen LogP contribution in [0.2, 0.25) is 10.0 Å². The fraction of sp³-hybridized carbons (Fsp3) is 0.219. The molecular formula is C32H33Cl2N3O6. The van der Waals surface area contributed by atoms with Crippen molar-refractivity contribution in [1.82, 2.24) is 4.90 Å². The number of carbonyl (C=O) groups is 2. The summed E-state index contributed by atoms with van der Waals surface area (Å²) in [6.07, 6.45) is 2.78. The maximum absolute atomic E-state index is 13.3. The van der Waals surface area contributed by atoms with Crippen molar-refractivity contribution in [3.8, 4) is 11.5 Å². The van der Waals surface area contributed by atoms with Crippen molar-refractivity contribution in [2.75, 3.05) is 33.6 Å². The van der Waals surface area contributed by atoms with Gasteiger partial charge in [-0.1, -0.05) is 47.5 Å². The molecule has 1 aromatic heterocycles. The summed E-state index contributed by atoms with van der Waals surface area (Å²) in [4.78, 5) is 30.0. The summed E-state index contributed by atoms with van der Waals surface area (Å²) in [5, 5.41) is 4.18. The zero-order valence-electron chi connectivity index (χ0n) is 24.2. The number of halogens is 2. The number of nitrogens with one attached hydrogen (secondary N) is 2. The van der Waals surface area contributed by atoms with Gasteiger partial charge in [0.05, 0.1) is 19.8 Å². The van der Waals surface area contributed by atoms with Gasteiger partial charge in [-0.2, -0.15) is 0 Å². The third-order valence-electron chi connectivity index (χ3n) is 6.62. The molecule has 43 heavy (non-hydrogen) atoms. The minimum absolute atomic E-state index is 0. The zero-order chi connectivity index (χ0) is 30.2. The summed E-state index contributed by atoms with van der Waals surface area (Å²) in [6.45, 7) is 0.505. The number of methoxy groups -OCH3 is 2. The van der Waals surface area contributed by atoms with E-state index in [0.29, 0.717) is 50.3 Å². The second kappa shape index (κ2) is 15.2. The number of amides is 1. The predicted molar refractivity (Wildman–Crippen MR) is 165 cm³/mol. The summed E-state index contributed by atoms with van der Waals surface area (Å²) < 4.78 is 16.8. The van der Waals surface area contributed by atoms with Crippen LogP contribution in [0, 0.1) is 0 Å². The van der Waals surface area contributed by atoms with Gasteiger partial charge in [-0.3, -0.25) is 4.79 Å². The van der Waals surface area contributed by atoms with Crippen LogP contribution in [0.5, 0.6) is 11.5 Å². The minimum atomic E-state index is -0.715. The summed E-state index contributed by atoms with van der Waals surface area (Å²) >= 11 is 12.8. The van der Waals surface area contributed by atoms with Gasteiger partial charge >= 0.3 is 5.97 Å². The van der Waals surface area contributed by atoms with Crippen molar-refractivity contribution in [3.05, 3.63) is 117 Å². The number of ether oxygens (including phenoxy) is 3. The minimum Gasteiger partial charge on any atom is -0.870 e. The van der Waals surface area contributed by atoms with E-state index in [1.807, 2.05) is 36.4 Å². The molecule has 0 aliphatic rings. The lowest BCUT2D eigenvalue weighted by Crippen LogP contribution is -2.21. The van der Waals surface area contributed by atoms with Gasteiger partial charge in [-0.15, -0.1) is 0 Å². The molecule has 0 bridgehead atoms. The molecule has 0 saturated carbocycles. The van der Waals surface area contributed by atoms with E-state index < -0.39 is 12.1 Å². The van der Waals surface area contributed by atoms with Gasteiger partial charge in [0.15, 0.2) is 23.9 Å². The molecule has 0 radical (unpaired) electrons. The number of carbonyl (C=O) groups excluding carboxylic acids is 2. The van der Waals surface area contributed by atoms with E-state index in [1.54, 1.807) is 71.0 Å². The normalized spacial score (nSPS) is 11.1. The molecule has 0 unspecified atom stereocenters. The van der Waals surface area contributed by atoms with Crippen molar-refractivity contribution in [2.45, 2.75) is 19.1 Å². The molecular weight excluding hydrogens is 593 g/mol. The van der Waals surface area contributed by atoms with Crippen molar-refractivity contribution in [3.63, 3.8) is 0 Å². The number of aromatic nitrogens is 1. The highest BCUT2D eigenvalue weighted by Gasteiger charge is 2.24. The Morgan fingerprint density at radius 3 is 2.19 bits per heavy atom. The van der Waals surface area contributed by atoms with Crippen molar-refractivity contribution in [2.24, 2.45) is 0 Å². The Kier molecular flexibility index (Phi) is 11.8. The van der Waals surface area contributed by atoms with Gasteiger partial charge in [0.1, 0.15) is 16.1 Å². The van der Waals surface area contributed by atoms with Gasteiger partial charge in [0.25, 0.3) is 5.91 Å². The van der Waals surface area contributed by atoms with Crippen molar-refractivity contribution in [1.29, 1.82) is 0 Å². The van der Waals surface area contributed by atoms with Crippen LogP contribution in [-0.2, 0) is 17.7 Å². The lowest BCUT2D eigenvalue weighted by atomic mass is 10.0. The Morgan fingerprint density at radius 1 is 0.884 bits per heavy atom. The van der Waals surface area contributed by atoms with Crippen LogP contribution in [0.3, 0.4) is 0 Å². The molecule has 0 fully saturated rings. The average Bonchev–Trinajstić information content (AvgIpc) is 3.00. The summed E-state index contributed by atoms with van der Waals surface area (Å²) in [5.41, 5.74) is 4.09. The Bertz CT molecular complexity index is 1540. The van der Waals surface area contributed by atoms with Gasteiger partial charge in [-0.25, -0.2) is 9.78 Å². The number of aromatic amines is 1. The second-order valence-corrected chi connectivity index (χ2v) is 10.5. The smallest absolute Gasteiger partial charge is 0.338 e. The summed E-state index contributed by atoms with van der Waals surface area (Å²) in [7, 11) is 6.53. The van der Waals surface area contributed by atoms with Crippen LogP contribution in [0.4, 0.5) is 5.69 Å². The van der Waals surface area contributed by atoms with E-state index >= 15 is 0 Å². The van der Waals surface area contributed by atoms with E-state index in [2.05, 4.69) is 10.3 Å². The Balaban J connectivity index is 0.00000506. The highest BCUT2D eigenvalue weighted by atomic mass is 35.5. The molecule has 3 aromatic carbocycles. The highest BCUT2D eigenvalue weighted by Crippen LogP contribution is 2.35. The Hall–Kier alpha value is -4.31. The monoisotopic (exact) mass is 625 g/mol. The molecule has 1 atom stereocenters. The highest BCUT2D eigenvalue weighted by molar-refractivity contribution is 6.35. The first-order valence-corrected chi connectivity index (χ1v) is 13.9. The van der Waals surface area contributed by atoms with Crippen molar-refractivity contribution < 1.29 is 34.3 Å². The third-order valence-corrected chi connectivity index (χ3v) is 7.29. The molecule has 226 valence electrons. The number of anilines is 1. The molecule has 11 heteroatoms. The van der Waals surface area contributed by atoms with E-state index in [4.69, 9.17) is 37.4 Å². The maximum Gasteiger partial charge on any atom is 0.338 e. The summed E-state index contributed by atoms with van der Waals surface area (Å²) in [5.74, 6) is 0.488. The van der Waals surface area contributed by atoms with E-state index in [1.165, 1.54) is 4.90 Å². The first-order valence-electron chi connectivity index (χ1n) is 13.1. The Labute approximate surface area is 260 Å². The molecule has 3 N–H and O–H groups in total. The van der Waals surface area contributed by atoms with Crippen LogP contribution in [0.1, 0.15) is 43.5 Å².